The van der Waals surface area contributed by atoms with E-state index in [-0.39, 0.29) is 29.6 Å². The fourth-order valence-corrected chi connectivity index (χ4v) is 2.78. The van der Waals surface area contributed by atoms with E-state index in [4.69, 9.17) is 4.74 Å². The predicted octanol–water partition coefficient (Wildman–Crippen LogP) is 4.09. The van der Waals surface area contributed by atoms with Crippen LogP contribution in [0.15, 0.2) is 41.9 Å². The second-order valence-electron chi connectivity index (χ2n) is 4.34. The van der Waals surface area contributed by atoms with Crippen LogP contribution in [0.4, 0.5) is 0 Å². The number of imidazole rings is 1. The lowest BCUT2D eigenvalue weighted by Gasteiger charge is -2.05. The fourth-order valence-electron chi connectivity index (χ4n) is 2.05. The number of nitrogens with zero attached hydrogens (tertiary/aromatic N) is 2. The minimum absolute atomic E-state index is 0. The maximum absolute atomic E-state index is 11.4. The maximum atomic E-state index is 11.4. The normalized spacial score (nSPS) is 10.3. The van der Waals surface area contributed by atoms with Gasteiger partial charge in [-0.25, -0.2) is 4.98 Å². The lowest BCUT2D eigenvalue weighted by molar-refractivity contribution is -0.144. The number of fused-ring (bicyclic) bond motifs is 1. The first kappa shape index (κ1) is 15.7. The first-order chi connectivity index (χ1) is 9.79. The summed E-state index contributed by atoms with van der Waals surface area (Å²) in [7, 11) is 0. The zero-order valence-corrected chi connectivity index (χ0v) is 14.0. The SMILES string of the molecule is Br.CCC(=O)OCc1c(-c2ccccc2)nc2sccn12. The van der Waals surface area contributed by atoms with Gasteiger partial charge in [-0.1, -0.05) is 37.3 Å². The van der Waals surface area contributed by atoms with Crippen molar-refractivity contribution >= 4 is 39.2 Å². The molecule has 0 fully saturated rings. The highest BCUT2D eigenvalue weighted by atomic mass is 79.9. The van der Waals surface area contributed by atoms with E-state index in [1.807, 2.05) is 46.3 Å². The standard InChI is InChI=1S/C15H14N2O2S.BrH/c1-2-13(18)19-10-12-14(11-6-4-3-5-7-11)16-15-17(12)8-9-20-15;/h3-9H,2,10H2,1H3;1H. The van der Waals surface area contributed by atoms with Gasteiger partial charge in [-0.3, -0.25) is 9.20 Å². The molecule has 0 aliphatic rings. The molecule has 6 heteroatoms. The highest BCUT2D eigenvalue weighted by molar-refractivity contribution is 8.93. The second-order valence-corrected chi connectivity index (χ2v) is 5.22. The Morgan fingerprint density at radius 1 is 1.33 bits per heavy atom. The van der Waals surface area contributed by atoms with Gasteiger partial charge in [0.05, 0.1) is 11.4 Å². The van der Waals surface area contributed by atoms with Gasteiger partial charge in [-0.15, -0.1) is 28.3 Å². The Balaban J connectivity index is 0.00000161. The largest absolute Gasteiger partial charge is 0.459 e. The lowest BCUT2D eigenvalue weighted by Crippen LogP contribution is -2.04. The van der Waals surface area contributed by atoms with Crippen LogP contribution >= 0.6 is 28.3 Å². The number of benzene rings is 1. The van der Waals surface area contributed by atoms with Crippen molar-refractivity contribution in [2.75, 3.05) is 0 Å². The smallest absolute Gasteiger partial charge is 0.305 e. The van der Waals surface area contributed by atoms with Crippen molar-refractivity contribution < 1.29 is 9.53 Å². The number of ether oxygens (including phenoxy) is 1. The van der Waals surface area contributed by atoms with Crippen LogP contribution in [0.25, 0.3) is 16.2 Å². The number of carbonyl (C=O) groups excluding carboxylic acids is 1. The van der Waals surface area contributed by atoms with E-state index in [2.05, 4.69) is 4.98 Å². The highest BCUT2D eigenvalue weighted by Crippen LogP contribution is 2.27. The summed E-state index contributed by atoms with van der Waals surface area (Å²) in [6.07, 6.45) is 2.33. The molecular weight excluding hydrogens is 352 g/mol. The number of rotatable bonds is 4. The van der Waals surface area contributed by atoms with Gasteiger partial charge >= 0.3 is 5.97 Å². The molecule has 3 rings (SSSR count). The molecule has 0 N–H and O–H groups in total. The molecule has 21 heavy (non-hydrogen) atoms. The molecule has 0 atom stereocenters. The van der Waals surface area contributed by atoms with Gasteiger partial charge < -0.3 is 4.74 Å². The van der Waals surface area contributed by atoms with Crippen molar-refractivity contribution in [2.24, 2.45) is 0 Å². The van der Waals surface area contributed by atoms with E-state index in [0.717, 1.165) is 21.9 Å². The van der Waals surface area contributed by atoms with Crippen molar-refractivity contribution in [1.82, 2.24) is 9.38 Å². The number of halogens is 1. The second kappa shape index (κ2) is 6.87. The van der Waals surface area contributed by atoms with Gasteiger partial charge in [0.15, 0.2) is 4.96 Å². The summed E-state index contributed by atoms with van der Waals surface area (Å²) < 4.78 is 7.26. The molecule has 1 aromatic carbocycles. The van der Waals surface area contributed by atoms with E-state index < -0.39 is 0 Å². The molecule has 4 nitrogen and oxygen atoms in total. The van der Waals surface area contributed by atoms with Crippen molar-refractivity contribution in [1.29, 1.82) is 0 Å². The molecule has 2 aromatic heterocycles. The molecule has 0 saturated heterocycles. The number of carbonyl (C=O) groups is 1. The van der Waals surface area contributed by atoms with Crippen LogP contribution in [0.2, 0.25) is 0 Å². The highest BCUT2D eigenvalue weighted by Gasteiger charge is 2.15. The Morgan fingerprint density at radius 2 is 2.10 bits per heavy atom. The quantitative estimate of drug-likeness (QED) is 0.653. The molecule has 110 valence electrons. The number of thiazole rings is 1. The molecule has 3 aromatic rings. The minimum Gasteiger partial charge on any atom is -0.459 e. The summed E-state index contributed by atoms with van der Waals surface area (Å²) >= 11 is 1.57. The summed E-state index contributed by atoms with van der Waals surface area (Å²) in [5, 5.41) is 1.97. The maximum Gasteiger partial charge on any atom is 0.305 e. The number of hydrogen-bond donors (Lipinski definition) is 0. The zero-order valence-electron chi connectivity index (χ0n) is 11.5. The Kier molecular flexibility index (Phi) is 5.14. The van der Waals surface area contributed by atoms with E-state index in [9.17, 15) is 4.79 Å². The molecule has 0 aliphatic heterocycles. The topological polar surface area (TPSA) is 43.6 Å². The third kappa shape index (κ3) is 3.16. The Hall–Kier alpha value is -1.66. The summed E-state index contributed by atoms with van der Waals surface area (Å²) in [4.78, 5) is 16.9. The summed E-state index contributed by atoms with van der Waals surface area (Å²) in [6.45, 7) is 2.03. The van der Waals surface area contributed by atoms with Crippen LogP contribution in [0.5, 0.6) is 0 Å². The van der Waals surface area contributed by atoms with E-state index >= 15 is 0 Å². The van der Waals surface area contributed by atoms with E-state index in [1.165, 1.54) is 0 Å². The monoisotopic (exact) mass is 366 g/mol. The van der Waals surface area contributed by atoms with Crippen LogP contribution in [0.1, 0.15) is 19.0 Å². The predicted molar refractivity (Wildman–Crippen MR) is 88.9 cm³/mol. The van der Waals surface area contributed by atoms with Gasteiger partial charge in [-0.2, -0.15) is 0 Å². The fraction of sp³-hybridized carbons (Fsp3) is 0.200. The first-order valence-electron chi connectivity index (χ1n) is 6.45. The number of aromatic nitrogens is 2. The molecule has 2 heterocycles. The van der Waals surface area contributed by atoms with Gasteiger partial charge in [0.2, 0.25) is 0 Å². The van der Waals surface area contributed by atoms with Crippen LogP contribution < -0.4 is 0 Å². The van der Waals surface area contributed by atoms with Gasteiger partial charge in [0.25, 0.3) is 0 Å². The summed E-state index contributed by atoms with van der Waals surface area (Å²) in [6, 6.07) is 9.95. The van der Waals surface area contributed by atoms with E-state index in [0.29, 0.717) is 6.42 Å². The Bertz CT molecular complexity index is 737. The summed E-state index contributed by atoms with van der Waals surface area (Å²) in [5.74, 6) is -0.200. The van der Waals surface area contributed by atoms with Crippen molar-refractivity contribution in [3.8, 4) is 11.3 Å². The Labute approximate surface area is 137 Å². The molecular formula is C15H15BrN2O2S. The third-order valence-corrected chi connectivity index (χ3v) is 3.82. The van der Waals surface area contributed by atoms with Crippen LogP contribution in [0, 0.1) is 0 Å². The number of hydrogen-bond acceptors (Lipinski definition) is 4. The lowest BCUT2D eigenvalue weighted by atomic mass is 10.1. The first-order valence-corrected chi connectivity index (χ1v) is 7.33. The molecule has 0 spiro atoms. The van der Waals surface area contributed by atoms with Gasteiger partial charge in [0.1, 0.15) is 6.61 Å². The Morgan fingerprint density at radius 3 is 2.81 bits per heavy atom. The third-order valence-electron chi connectivity index (χ3n) is 3.07. The van der Waals surface area contributed by atoms with Gasteiger partial charge in [-0.05, 0) is 0 Å². The number of esters is 1. The molecule has 0 amide bonds. The molecule has 0 aliphatic carbocycles. The van der Waals surface area contributed by atoms with Crippen LogP contribution in [-0.2, 0) is 16.1 Å². The molecule has 0 unspecified atom stereocenters. The summed E-state index contributed by atoms with van der Waals surface area (Å²) in [5.41, 5.74) is 2.82. The molecule has 0 radical (unpaired) electrons. The van der Waals surface area contributed by atoms with Crippen LogP contribution in [-0.4, -0.2) is 15.4 Å². The van der Waals surface area contributed by atoms with E-state index in [1.54, 1.807) is 18.3 Å². The van der Waals surface area contributed by atoms with Crippen LogP contribution in [0.3, 0.4) is 0 Å². The van der Waals surface area contributed by atoms with Gasteiger partial charge in [0, 0.05) is 23.6 Å². The van der Waals surface area contributed by atoms with Crippen molar-refractivity contribution in [3.63, 3.8) is 0 Å². The molecule has 0 bridgehead atoms. The average Bonchev–Trinajstić information content (AvgIpc) is 3.06. The van der Waals surface area contributed by atoms with Crippen molar-refractivity contribution in [2.45, 2.75) is 20.0 Å². The van der Waals surface area contributed by atoms with Crippen molar-refractivity contribution in [3.05, 3.63) is 47.6 Å². The average molecular weight is 367 g/mol. The minimum atomic E-state index is -0.200. The molecule has 0 saturated carbocycles. The zero-order chi connectivity index (χ0) is 13.9.